The molecule has 1 saturated carbocycles. The minimum absolute atomic E-state index is 0.201. The first-order chi connectivity index (χ1) is 13.6. The maximum atomic E-state index is 10.7. The molecular weight excluding hydrogens is 376 g/mol. The predicted molar refractivity (Wildman–Crippen MR) is 110 cm³/mol. The highest BCUT2D eigenvalue weighted by atomic mass is 32.1. The van der Waals surface area contributed by atoms with Crippen LogP contribution in [-0.4, -0.2) is 20.9 Å². The number of ether oxygens (including phenoxy) is 1. The van der Waals surface area contributed by atoms with Crippen molar-refractivity contribution in [2.24, 2.45) is 5.92 Å². The number of pyridine rings is 1. The Morgan fingerprint density at radius 1 is 1.21 bits per heavy atom. The van der Waals surface area contributed by atoms with E-state index in [1.165, 1.54) is 44.4 Å². The van der Waals surface area contributed by atoms with Crippen LogP contribution in [0.25, 0.3) is 10.2 Å². The second-order valence-corrected chi connectivity index (χ2v) is 8.22. The van der Waals surface area contributed by atoms with Gasteiger partial charge in [0.05, 0.1) is 10.2 Å². The molecule has 4 rings (SSSR count). The van der Waals surface area contributed by atoms with E-state index in [2.05, 4.69) is 17.2 Å². The molecule has 1 N–H and O–H groups in total. The summed E-state index contributed by atoms with van der Waals surface area (Å²) in [6.45, 7) is 2.25. The fourth-order valence-corrected chi connectivity index (χ4v) is 4.64. The third-order valence-corrected chi connectivity index (χ3v) is 6.16. The Bertz CT molecular complexity index is 967. The Kier molecular flexibility index (Phi) is 5.38. The van der Waals surface area contributed by atoms with E-state index in [0.29, 0.717) is 23.5 Å². The van der Waals surface area contributed by atoms with Crippen LogP contribution >= 0.6 is 11.3 Å². The first-order valence-electron chi connectivity index (χ1n) is 9.54. The standard InChI is InChI=1S/C20H22N4O3S/c1-13(14-5-3-2-4-6-14)22-20-23-17-9-7-15(11-18(17)28-20)27-16-8-10-19(21-12-16)24(25)26/h7-14H,2-6H2,1H3,(H,22,23). The van der Waals surface area contributed by atoms with Crippen LogP contribution in [0.4, 0.5) is 10.9 Å². The number of nitrogens with one attached hydrogen (secondary N) is 1. The predicted octanol–water partition coefficient (Wildman–Crippen LogP) is 5.77. The molecule has 1 fully saturated rings. The number of rotatable bonds is 6. The molecule has 2 heterocycles. The number of hydrogen-bond acceptors (Lipinski definition) is 7. The summed E-state index contributed by atoms with van der Waals surface area (Å²) in [4.78, 5) is 18.6. The summed E-state index contributed by atoms with van der Waals surface area (Å²) >= 11 is 1.61. The molecule has 28 heavy (non-hydrogen) atoms. The summed E-state index contributed by atoms with van der Waals surface area (Å²) in [5, 5.41) is 15.2. The van der Waals surface area contributed by atoms with Crippen LogP contribution in [0.3, 0.4) is 0 Å². The summed E-state index contributed by atoms with van der Waals surface area (Å²) < 4.78 is 6.81. The lowest BCUT2D eigenvalue weighted by atomic mass is 9.85. The minimum Gasteiger partial charge on any atom is -0.453 e. The van der Waals surface area contributed by atoms with Crippen LogP contribution < -0.4 is 10.1 Å². The van der Waals surface area contributed by atoms with E-state index in [-0.39, 0.29) is 5.82 Å². The van der Waals surface area contributed by atoms with E-state index in [1.807, 2.05) is 18.2 Å². The Hall–Kier alpha value is -2.74. The molecule has 0 radical (unpaired) electrons. The molecule has 1 atom stereocenters. The molecule has 0 aliphatic heterocycles. The van der Waals surface area contributed by atoms with Gasteiger partial charge in [-0.25, -0.2) is 4.98 Å². The van der Waals surface area contributed by atoms with Crippen molar-refractivity contribution in [3.63, 3.8) is 0 Å². The van der Waals surface area contributed by atoms with Gasteiger partial charge in [-0.2, -0.15) is 0 Å². The summed E-state index contributed by atoms with van der Waals surface area (Å²) in [5.74, 6) is 1.62. The second kappa shape index (κ2) is 8.10. The van der Waals surface area contributed by atoms with E-state index < -0.39 is 4.92 Å². The number of fused-ring (bicyclic) bond motifs is 1. The zero-order valence-corrected chi connectivity index (χ0v) is 16.4. The first-order valence-corrected chi connectivity index (χ1v) is 10.4. The van der Waals surface area contributed by atoms with E-state index in [9.17, 15) is 10.1 Å². The monoisotopic (exact) mass is 398 g/mol. The van der Waals surface area contributed by atoms with Crippen molar-refractivity contribution in [1.82, 2.24) is 9.97 Å². The number of nitro groups is 1. The van der Waals surface area contributed by atoms with Crippen molar-refractivity contribution in [3.05, 3.63) is 46.6 Å². The fraction of sp³-hybridized carbons (Fsp3) is 0.400. The molecule has 1 aromatic carbocycles. The number of hydrogen-bond donors (Lipinski definition) is 1. The van der Waals surface area contributed by atoms with E-state index >= 15 is 0 Å². The van der Waals surface area contributed by atoms with Crippen molar-refractivity contribution in [2.75, 3.05) is 5.32 Å². The van der Waals surface area contributed by atoms with Gasteiger partial charge in [0.15, 0.2) is 17.1 Å². The summed E-state index contributed by atoms with van der Waals surface area (Å²) in [7, 11) is 0. The van der Waals surface area contributed by atoms with Gasteiger partial charge in [0.1, 0.15) is 5.75 Å². The van der Waals surface area contributed by atoms with Gasteiger partial charge in [-0.05, 0) is 53.8 Å². The Morgan fingerprint density at radius 3 is 2.71 bits per heavy atom. The SMILES string of the molecule is CC(Nc1nc2ccc(Oc3ccc([N+](=O)[O-])nc3)cc2s1)C1CCCCC1. The van der Waals surface area contributed by atoms with Gasteiger partial charge >= 0.3 is 5.82 Å². The average molecular weight is 398 g/mol. The number of benzene rings is 1. The smallest absolute Gasteiger partial charge is 0.363 e. The Balaban J connectivity index is 1.46. The molecule has 1 aliphatic carbocycles. The maximum absolute atomic E-state index is 10.7. The largest absolute Gasteiger partial charge is 0.453 e. The molecule has 7 nitrogen and oxygen atoms in total. The van der Waals surface area contributed by atoms with Crippen molar-refractivity contribution < 1.29 is 9.66 Å². The zero-order chi connectivity index (χ0) is 19.5. The molecule has 1 aliphatic rings. The van der Waals surface area contributed by atoms with Gasteiger partial charge in [-0.3, -0.25) is 0 Å². The van der Waals surface area contributed by atoms with Crippen LogP contribution in [0.5, 0.6) is 11.5 Å². The average Bonchev–Trinajstić information content (AvgIpc) is 3.10. The number of aromatic nitrogens is 2. The molecule has 0 bridgehead atoms. The maximum Gasteiger partial charge on any atom is 0.363 e. The highest BCUT2D eigenvalue weighted by Gasteiger charge is 2.21. The number of nitrogens with zero attached hydrogens (tertiary/aromatic N) is 3. The van der Waals surface area contributed by atoms with E-state index in [4.69, 9.17) is 9.72 Å². The summed E-state index contributed by atoms with van der Waals surface area (Å²) in [6.07, 6.45) is 7.95. The Labute approximate surface area is 166 Å². The highest BCUT2D eigenvalue weighted by molar-refractivity contribution is 7.22. The third-order valence-electron chi connectivity index (χ3n) is 5.21. The normalized spacial score (nSPS) is 16.0. The Morgan fingerprint density at radius 2 is 2.00 bits per heavy atom. The van der Waals surface area contributed by atoms with Crippen LogP contribution in [0.15, 0.2) is 36.5 Å². The highest BCUT2D eigenvalue weighted by Crippen LogP contribution is 2.33. The molecule has 3 aromatic rings. The van der Waals surface area contributed by atoms with Crippen molar-refractivity contribution in [1.29, 1.82) is 0 Å². The van der Waals surface area contributed by atoms with Crippen molar-refractivity contribution in [3.8, 4) is 11.5 Å². The van der Waals surface area contributed by atoms with Crippen LogP contribution in [0, 0.1) is 16.0 Å². The molecule has 0 amide bonds. The lowest BCUT2D eigenvalue weighted by Crippen LogP contribution is -2.27. The lowest BCUT2D eigenvalue weighted by Gasteiger charge is -2.28. The molecule has 8 heteroatoms. The third kappa shape index (κ3) is 4.22. The van der Waals surface area contributed by atoms with Gasteiger partial charge < -0.3 is 20.2 Å². The van der Waals surface area contributed by atoms with Gasteiger partial charge in [0.25, 0.3) is 0 Å². The fourth-order valence-electron chi connectivity index (χ4n) is 3.65. The first kappa shape index (κ1) is 18.6. The number of anilines is 1. The van der Waals surface area contributed by atoms with Gasteiger partial charge in [-0.1, -0.05) is 30.6 Å². The van der Waals surface area contributed by atoms with Crippen LogP contribution in [0.2, 0.25) is 0 Å². The van der Waals surface area contributed by atoms with Gasteiger partial charge in [-0.15, -0.1) is 0 Å². The molecular formula is C20H22N4O3S. The van der Waals surface area contributed by atoms with E-state index in [0.717, 1.165) is 15.3 Å². The van der Waals surface area contributed by atoms with Crippen molar-refractivity contribution >= 4 is 32.5 Å². The summed E-state index contributed by atoms with van der Waals surface area (Å²) in [5.41, 5.74) is 0.928. The van der Waals surface area contributed by atoms with E-state index in [1.54, 1.807) is 17.4 Å². The molecule has 2 aromatic heterocycles. The van der Waals surface area contributed by atoms with Gasteiger partial charge in [0, 0.05) is 18.2 Å². The number of thiazole rings is 1. The quantitative estimate of drug-likeness (QED) is 0.418. The summed E-state index contributed by atoms with van der Waals surface area (Å²) in [6, 6.07) is 9.00. The van der Waals surface area contributed by atoms with Gasteiger partial charge in [0.2, 0.25) is 0 Å². The minimum atomic E-state index is -0.532. The molecule has 0 spiro atoms. The van der Waals surface area contributed by atoms with Crippen LogP contribution in [0.1, 0.15) is 39.0 Å². The molecule has 146 valence electrons. The zero-order valence-electron chi connectivity index (χ0n) is 15.6. The topological polar surface area (TPSA) is 90.2 Å². The van der Waals surface area contributed by atoms with Crippen molar-refractivity contribution in [2.45, 2.75) is 45.1 Å². The molecule has 0 saturated heterocycles. The van der Waals surface area contributed by atoms with Crippen LogP contribution in [-0.2, 0) is 0 Å². The lowest BCUT2D eigenvalue weighted by molar-refractivity contribution is -0.389. The second-order valence-electron chi connectivity index (χ2n) is 7.19. The molecule has 1 unspecified atom stereocenters.